The average molecular weight is 294 g/mol. The van der Waals surface area contributed by atoms with Crippen LogP contribution < -0.4 is 5.32 Å². The number of anilines is 1. The lowest BCUT2D eigenvalue weighted by atomic mass is 10.00. The second-order valence-corrected chi connectivity index (χ2v) is 6.65. The van der Waals surface area contributed by atoms with E-state index in [2.05, 4.69) is 5.32 Å². The number of fused-ring (bicyclic) bond motifs is 2. The summed E-state index contributed by atoms with van der Waals surface area (Å²) in [7, 11) is 0. The van der Waals surface area contributed by atoms with Crippen molar-refractivity contribution in [2.45, 2.75) is 50.8 Å². The SMILES string of the molecule is CC(=O)Nc1ccc(C(=O)N2C3CCC2CC(O)C3)s1. The van der Waals surface area contributed by atoms with Crippen molar-refractivity contribution in [3.05, 3.63) is 17.0 Å². The van der Waals surface area contributed by atoms with Crippen molar-refractivity contribution in [2.24, 2.45) is 0 Å². The molecule has 2 fully saturated rings. The molecule has 1 aromatic rings. The van der Waals surface area contributed by atoms with Crippen LogP contribution >= 0.6 is 11.3 Å². The van der Waals surface area contributed by atoms with Crippen LogP contribution in [0.3, 0.4) is 0 Å². The minimum absolute atomic E-state index is 0.0333. The van der Waals surface area contributed by atoms with Gasteiger partial charge in [-0.25, -0.2) is 0 Å². The van der Waals surface area contributed by atoms with Crippen LogP contribution in [0.5, 0.6) is 0 Å². The molecule has 6 heteroatoms. The van der Waals surface area contributed by atoms with Gasteiger partial charge in [-0.1, -0.05) is 0 Å². The number of nitrogens with one attached hydrogen (secondary N) is 1. The van der Waals surface area contributed by atoms with E-state index in [1.165, 1.54) is 18.3 Å². The lowest BCUT2D eigenvalue weighted by Gasteiger charge is -2.36. The molecule has 2 aliphatic rings. The monoisotopic (exact) mass is 294 g/mol. The van der Waals surface area contributed by atoms with E-state index < -0.39 is 0 Å². The molecule has 0 aliphatic carbocycles. The highest BCUT2D eigenvalue weighted by Crippen LogP contribution is 2.37. The number of carbonyl (C=O) groups is 2. The maximum Gasteiger partial charge on any atom is 0.264 e. The van der Waals surface area contributed by atoms with Crippen LogP contribution in [0.25, 0.3) is 0 Å². The molecule has 1 aromatic heterocycles. The number of hydrogen-bond donors (Lipinski definition) is 2. The number of aliphatic hydroxyl groups is 1. The molecule has 2 bridgehead atoms. The molecule has 3 heterocycles. The van der Waals surface area contributed by atoms with E-state index in [4.69, 9.17) is 0 Å². The fraction of sp³-hybridized carbons (Fsp3) is 0.571. The van der Waals surface area contributed by atoms with Gasteiger partial charge in [-0.3, -0.25) is 9.59 Å². The maximum atomic E-state index is 12.6. The van der Waals surface area contributed by atoms with E-state index in [0.717, 1.165) is 12.8 Å². The summed E-state index contributed by atoms with van der Waals surface area (Å²) in [5.74, 6) is -0.0991. The topological polar surface area (TPSA) is 69.6 Å². The Morgan fingerprint density at radius 1 is 1.30 bits per heavy atom. The van der Waals surface area contributed by atoms with E-state index in [0.29, 0.717) is 22.7 Å². The molecule has 2 N–H and O–H groups in total. The second-order valence-electron chi connectivity index (χ2n) is 5.57. The molecule has 3 rings (SSSR count). The van der Waals surface area contributed by atoms with Crippen molar-refractivity contribution in [1.82, 2.24) is 4.90 Å². The number of rotatable bonds is 2. The number of hydrogen-bond acceptors (Lipinski definition) is 4. The third-order valence-electron chi connectivity index (χ3n) is 4.06. The smallest absolute Gasteiger partial charge is 0.264 e. The summed E-state index contributed by atoms with van der Waals surface area (Å²) in [6.45, 7) is 1.45. The van der Waals surface area contributed by atoms with Crippen molar-refractivity contribution in [2.75, 3.05) is 5.32 Å². The Labute approximate surface area is 121 Å². The van der Waals surface area contributed by atoms with Gasteiger partial charge in [0, 0.05) is 19.0 Å². The lowest BCUT2D eigenvalue weighted by Crippen LogP contribution is -2.47. The third kappa shape index (κ3) is 2.45. The fourth-order valence-electron chi connectivity index (χ4n) is 3.30. The normalized spacial score (nSPS) is 28.5. The third-order valence-corrected chi connectivity index (χ3v) is 5.05. The molecule has 2 atom stereocenters. The van der Waals surface area contributed by atoms with Crippen LogP contribution in [0.4, 0.5) is 5.00 Å². The van der Waals surface area contributed by atoms with Crippen LogP contribution in [0.2, 0.25) is 0 Å². The molecule has 0 spiro atoms. The number of piperidine rings is 1. The van der Waals surface area contributed by atoms with Gasteiger partial charge in [0.15, 0.2) is 0 Å². The summed E-state index contributed by atoms with van der Waals surface area (Å²) in [5, 5.41) is 13.2. The zero-order chi connectivity index (χ0) is 14.3. The molecule has 2 aliphatic heterocycles. The van der Waals surface area contributed by atoms with Crippen molar-refractivity contribution >= 4 is 28.2 Å². The average Bonchev–Trinajstić information content (AvgIpc) is 2.92. The Balaban J connectivity index is 1.76. The molecule has 20 heavy (non-hydrogen) atoms. The summed E-state index contributed by atoms with van der Waals surface area (Å²) >= 11 is 1.31. The van der Waals surface area contributed by atoms with Gasteiger partial charge < -0.3 is 15.3 Å². The molecule has 5 nitrogen and oxygen atoms in total. The number of carbonyl (C=O) groups excluding carboxylic acids is 2. The Morgan fingerprint density at radius 3 is 2.55 bits per heavy atom. The zero-order valence-corrected chi connectivity index (χ0v) is 12.2. The number of amides is 2. The summed E-state index contributed by atoms with van der Waals surface area (Å²) in [4.78, 5) is 26.2. The Hall–Kier alpha value is -1.40. The van der Waals surface area contributed by atoms with Crippen LogP contribution in [-0.4, -0.2) is 40.0 Å². The zero-order valence-electron chi connectivity index (χ0n) is 11.3. The minimum atomic E-state index is -0.269. The van der Waals surface area contributed by atoms with E-state index in [1.54, 1.807) is 12.1 Å². The first-order chi connectivity index (χ1) is 9.54. The van der Waals surface area contributed by atoms with Gasteiger partial charge in [-0.15, -0.1) is 11.3 Å². The van der Waals surface area contributed by atoms with E-state index in [9.17, 15) is 14.7 Å². The molecule has 0 saturated carbocycles. The first kappa shape index (κ1) is 13.6. The Morgan fingerprint density at radius 2 is 1.95 bits per heavy atom. The van der Waals surface area contributed by atoms with E-state index in [1.807, 2.05) is 4.90 Å². The van der Waals surface area contributed by atoms with Crippen LogP contribution in [-0.2, 0) is 4.79 Å². The highest BCUT2D eigenvalue weighted by Gasteiger charge is 2.43. The van der Waals surface area contributed by atoms with Crippen molar-refractivity contribution in [3.8, 4) is 0 Å². The highest BCUT2D eigenvalue weighted by atomic mass is 32.1. The predicted molar refractivity (Wildman–Crippen MR) is 76.8 cm³/mol. The van der Waals surface area contributed by atoms with Crippen molar-refractivity contribution in [1.29, 1.82) is 0 Å². The van der Waals surface area contributed by atoms with E-state index in [-0.39, 0.29) is 30.0 Å². The molecule has 2 unspecified atom stereocenters. The Bertz CT molecular complexity index is 528. The summed E-state index contributed by atoms with van der Waals surface area (Å²) < 4.78 is 0. The van der Waals surface area contributed by atoms with Gasteiger partial charge in [0.05, 0.1) is 16.0 Å². The molecule has 108 valence electrons. The Kier molecular flexibility index (Phi) is 3.52. The van der Waals surface area contributed by atoms with Gasteiger partial charge in [-0.2, -0.15) is 0 Å². The van der Waals surface area contributed by atoms with Gasteiger partial charge in [0.1, 0.15) is 0 Å². The maximum absolute atomic E-state index is 12.6. The molecule has 0 radical (unpaired) electrons. The van der Waals surface area contributed by atoms with Gasteiger partial charge >= 0.3 is 0 Å². The van der Waals surface area contributed by atoms with Gasteiger partial charge in [-0.05, 0) is 37.8 Å². The first-order valence-electron chi connectivity index (χ1n) is 6.92. The predicted octanol–water partition coefficient (Wildman–Crippen LogP) is 1.83. The highest BCUT2D eigenvalue weighted by molar-refractivity contribution is 7.18. The van der Waals surface area contributed by atoms with Gasteiger partial charge in [0.25, 0.3) is 5.91 Å². The van der Waals surface area contributed by atoms with Crippen LogP contribution in [0.1, 0.15) is 42.3 Å². The van der Waals surface area contributed by atoms with Crippen LogP contribution in [0.15, 0.2) is 12.1 Å². The second kappa shape index (κ2) is 5.18. The number of nitrogens with zero attached hydrogens (tertiary/aromatic N) is 1. The molecular weight excluding hydrogens is 276 g/mol. The lowest BCUT2D eigenvalue weighted by molar-refractivity contribution is -0.114. The van der Waals surface area contributed by atoms with E-state index >= 15 is 0 Å². The molecular formula is C14H18N2O3S. The van der Waals surface area contributed by atoms with Gasteiger partial charge in [0.2, 0.25) is 5.91 Å². The summed E-state index contributed by atoms with van der Waals surface area (Å²) in [6.07, 6.45) is 3.07. The molecule has 0 aromatic carbocycles. The van der Waals surface area contributed by atoms with Crippen LogP contribution in [0, 0.1) is 0 Å². The summed E-state index contributed by atoms with van der Waals surface area (Å²) in [5.41, 5.74) is 0. The molecule has 2 amide bonds. The largest absolute Gasteiger partial charge is 0.393 e. The van der Waals surface area contributed by atoms with Crippen molar-refractivity contribution < 1.29 is 14.7 Å². The number of thiophene rings is 1. The minimum Gasteiger partial charge on any atom is -0.393 e. The molecule has 2 saturated heterocycles. The number of aliphatic hydroxyl groups excluding tert-OH is 1. The summed E-state index contributed by atoms with van der Waals surface area (Å²) in [6, 6.07) is 3.87. The van der Waals surface area contributed by atoms with Crippen molar-refractivity contribution in [3.63, 3.8) is 0 Å². The first-order valence-corrected chi connectivity index (χ1v) is 7.74. The standard InChI is InChI=1S/C14H18N2O3S/c1-8(17)15-13-5-4-12(20-13)14(19)16-9-2-3-10(16)7-11(18)6-9/h4-5,9-11,18H,2-3,6-7H2,1H3,(H,15,17). The quantitative estimate of drug-likeness (QED) is 0.874. The fourth-order valence-corrected chi connectivity index (χ4v) is 4.20.